The molecule has 0 radical (unpaired) electrons. The Morgan fingerprint density at radius 1 is 0.265 bits per heavy atom. The van der Waals surface area contributed by atoms with E-state index in [-0.39, 0.29) is 34.0 Å². The van der Waals surface area contributed by atoms with E-state index in [4.69, 9.17) is 0 Å². The molecule has 0 amide bonds. The van der Waals surface area contributed by atoms with Crippen molar-refractivity contribution in [3.8, 4) is 0 Å². The maximum Gasteiger partial charge on any atom is 0.0786 e. The lowest BCUT2D eigenvalue weighted by Gasteiger charge is -2.38. The Morgan fingerprint density at radius 2 is 0.441 bits per heavy atom. The second-order valence-electron chi connectivity index (χ2n) is 11.0. The molecule has 0 aromatic rings. The molecule has 0 aromatic carbocycles. The van der Waals surface area contributed by atoms with Gasteiger partial charge in [0.15, 0.2) is 0 Å². The fourth-order valence-corrected chi connectivity index (χ4v) is 6.50. The monoisotopic (exact) mass is 612 g/mol. The molecule has 0 aliphatic heterocycles. The Bertz CT molecular complexity index is 320. The second-order valence-corrected chi connectivity index (χ2v) is 11.0. The summed E-state index contributed by atoms with van der Waals surface area (Å²) < 4.78 is 2.80. The highest BCUT2D eigenvalue weighted by Gasteiger charge is 2.24. The van der Waals surface area contributed by atoms with Crippen LogP contribution < -0.4 is 34.0 Å². The summed E-state index contributed by atoms with van der Waals surface area (Å²) >= 11 is 0. The van der Waals surface area contributed by atoms with E-state index in [2.05, 4.69) is 41.5 Å². The van der Waals surface area contributed by atoms with E-state index in [1.807, 2.05) is 0 Å². The summed E-state index contributed by atoms with van der Waals surface area (Å²) in [7, 11) is 0. The Morgan fingerprint density at radius 3 is 0.618 bits per heavy atom. The number of unbranched alkanes of at least 4 members (excludes halogenated alkanes) is 9. The lowest BCUT2D eigenvalue weighted by Crippen LogP contribution is -3.00. The third-order valence-electron chi connectivity index (χ3n) is 7.70. The molecule has 0 atom stereocenters. The minimum atomic E-state index is 0. The summed E-state index contributed by atoms with van der Waals surface area (Å²) in [4.78, 5) is 0. The van der Waals surface area contributed by atoms with Gasteiger partial charge in [-0.25, -0.2) is 0 Å². The standard InChI is InChI=1S/C30H66N2.2BrH/c1-7-23-31(24-8-2,25-9-3)29-21-19-17-15-13-14-16-18-20-22-30-32(26-10-4,27-11-5)28-12-6;;/h7-30H2,1-6H3;2*1H/q+2;;/p-2. The van der Waals surface area contributed by atoms with E-state index in [0.717, 1.165) is 0 Å². The molecule has 0 fully saturated rings. The normalized spacial score (nSPS) is 11.8. The zero-order valence-electron chi connectivity index (χ0n) is 24.6. The van der Waals surface area contributed by atoms with Crippen molar-refractivity contribution >= 4 is 0 Å². The van der Waals surface area contributed by atoms with Crippen molar-refractivity contribution < 1.29 is 42.9 Å². The van der Waals surface area contributed by atoms with Crippen molar-refractivity contribution in [1.82, 2.24) is 0 Å². The van der Waals surface area contributed by atoms with Gasteiger partial charge in [0.2, 0.25) is 0 Å². The van der Waals surface area contributed by atoms with Crippen LogP contribution in [0.4, 0.5) is 0 Å². The first-order chi connectivity index (χ1) is 15.6. The fourth-order valence-electron chi connectivity index (χ4n) is 6.50. The van der Waals surface area contributed by atoms with E-state index in [1.165, 1.54) is 164 Å². The molecule has 0 aliphatic carbocycles. The van der Waals surface area contributed by atoms with E-state index in [1.54, 1.807) is 0 Å². The molecule has 210 valence electrons. The van der Waals surface area contributed by atoms with Gasteiger partial charge < -0.3 is 42.9 Å². The van der Waals surface area contributed by atoms with Crippen molar-refractivity contribution in [3.05, 3.63) is 0 Å². The van der Waals surface area contributed by atoms with Crippen LogP contribution in [0.3, 0.4) is 0 Å². The smallest absolute Gasteiger partial charge is 0.0786 e. The average molecular weight is 615 g/mol. The van der Waals surface area contributed by atoms with E-state index < -0.39 is 0 Å². The number of hydrogen-bond donors (Lipinski definition) is 0. The summed E-state index contributed by atoms with van der Waals surface area (Å²) in [5.41, 5.74) is 0. The van der Waals surface area contributed by atoms with E-state index in [0.29, 0.717) is 0 Å². The van der Waals surface area contributed by atoms with Crippen LogP contribution >= 0.6 is 0 Å². The minimum absolute atomic E-state index is 0. The lowest BCUT2D eigenvalue weighted by atomic mass is 10.0. The van der Waals surface area contributed by atoms with Gasteiger partial charge in [0.1, 0.15) is 0 Å². The van der Waals surface area contributed by atoms with Crippen molar-refractivity contribution in [2.75, 3.05) is 52.4 Å². The first-order valence-electron chi connectivity index (χ1n) is 15.3. The number of quaternary nitrogens is 2. The van der Waals surface area contributed by atoms with E-state index in [9.17, 15) is 0 Å². The van der Waals surface area contributed by atoms with Crippen LogP contribution in [-0.2, 0) is 0 Å². The zero-order valence-corrected chi connectivity index (χ0v) is 27.8. The molecule has 2 nitrogen and oxygen atoms in total. The van der Waals surface area contributed by atoms with Crippen LogP contribution in [0.1, 0.15) is 144 Å². The van der Waals surface area contributed by atoms with Gasteiger partial charge in [-0.2, -0.15) is 0 Å². The molecule has 0 saturated carbocycles. The van der Waals surface area contributed by atoms with Crippen molar-refractivity contribution in [2.24, 2.45) is 0 Å². The predicted octanol–water partition coefficient (Wildman–Crippen LogP) is 2.99. The minimum Gasteiger partial charge on any atom is -1.00 e. The van der Waals surface area contributed by atoms with Gasteiger partial charge in [-0.15, -0.1) is 0 Å². The lowest BCUT2D eigenvalue weighted by molar-refractivity contribution is -0.928. The highest BCUT2D eigenvalue weighted by Crippen LogP contribution is 2.18. The Hall–Kier alpha value is 0.880. The molecule has 0 rings (SSSR count). The van der Waals surface area contributed by atoms with Crippen LogP contribution in [0.25, 0.3) is 0 Å². The van der Waals surface area contributed by atoms with Crippen LogP contribution in [0.15, 0.2) is 0 Å². The van der Waals surface area contributed by atoms with Gasteiger partial charge in [0.05, 0.1) is 52.4 Å². The third-order valence-corrected chi connectivity index (χ3v) is 7.70. The maximum absolute atomic E-state index is 2.37. The molecular weight excluding hydrogens is 548 g/mol. The Kier molecular flexibility index (Phi) is 31.2. The molecule has 0 N–H and O–H groups in total. The summed E-state index contributed by atoms with van der Waals surface area (Å²) in [6.07, 6.45) is 22.7. The number of rotatable bonds is 25. The third kappa shape index (κ3) is 19.1. The zero-order chi connectivity index (χ0) is 24.0. The first-order valence-corrected chi connectivity index (χ1v) is 15.3. The van der Waals surface area contributed by atoms with Crippen molar-refractivity contribution in [1.29, 1.82) is 0 Å². The molecule has 0 heterocycles. The van der Waals surface area contributed by atoms with Gasteiger partial charge in [-0.3, -0.25) is 0 Å². The molecule has 0 spiro atoms. The maximum atomic E-state index is 2.37. The second kappa shape index (κ2) is 26.9. The van der Waals surface area contributed by atoms with E-state index >= 15 is 0 Å². The largest absolute Gasteiger partial charge is 1.00 e. The Balaban J connectivity index is -0.00000480. The number of nitrogens with zero attached hydrogens (tertiary/aromatic N) is 2. The van der Waals surface area contributed by atoms with Gasteiger partial charge in [-0.05, 0) is 64.2 Å². The highest BCUT2D eigenvalue weighted by molar-refractivity contribution is 4.52. The SMILES string of the molecule is CCC[N+](CCC)(CCC)CCCCCCCCCCCC[N+](CCC)(CCC)CCC.[Br-].[Br-]. The fraction of sp³-hybridized carbons (Fsp3) is 1.00. The van der Waals surface area contributed by atoms with Crippen molar-refractivity contribution in [2.45, 2.75) is 144 Å². The predicted molar refractivity (Wildman–Crippen MR) is 147 cm³/mol. The molecule has 0 aliphatic rings. The number of halogens is 2. The van der Waals surface area contributed by atoms with Gasteiger partial charge in [-0.1, -0.05) is 80.1 Å². The first kappa shape index (κ1) is 39.4. The molecule has 0 bridgehead atoms. The summed E-state index contributed by atoms with van der Waals surface area (Å²) in [5, 5.41) is 0. The Labute approximate surface area is 238 Å². The summed E-state index contributed by atoms with van der Waals surface area (Å²) in [5.74, 6) is 0. The quantitative estimate of drug-likeness (QED) is 0.110. The van der Waals surface area contributed by atoms with Crippen LogP contribution in [0.2, 0.25) is 0 Å². The molecule has 0 unspecified atom stereocenters. The molecule has 34 heavy (non-hydrogen) atoms. The van der Waals surface area contributed by atoms with Gasteiger partial charge in [0.25, 0.3) is 0 Å². The molecule has 0 aromatic heterocycles. The topological polar surface area (TPSA) is 0 Å². The van der Waals surface area contributed by atoms with Gasteiger partial charge >= 0.3 is 0 Å². The molecular formula is C30H66Br2N2. The average Bonchev–Trinajstić information content (AvgIpc) is 2.76. The van der Waals surface area contributed by atoms with Crippen LogP contribution in [-0.4, -0.2) is 61.3 Å². The van der Waals surface area contributed by atoms with Crippen LogP contribution in [0, 0.1) is 0 Å². The van der Waals surface area contributed by atoms with Crippen LogP contribution in [0.5, 0.6) is 0 Å². The van der Waals surface area contributed by atoms with Crippen molar-refractivity contribution in [3.63, 3.8) is 0 Å². The molecule has 0 saturated heterocycles. The molecule has 4 heteroatoms. The highest BCUT2D eigenvalue weighted by atomic mass is 79.9. The summed E-state index contributed by atoms with van der Waals surface area (Å²) in [6, 6.07) is 0. The number of hydrogen-bond acceptors (Lipinski definition) is 0. The van der Waals surface area contributed by atoms with Gasteiger partial charge in [0, 0.05) is 0 Å². The summed E-state index contributed by atoms with van der Waals surface area (Å²) in [6.45, 7) is 25.5.